The van der Waals surface area contributed by atoms with E-state index in [1.807, 2.05) is 0 Å². The lowest BCUT2D eigenvalue weighted by Gasteiger charge is -2.27. The maximum absolute atomic E-state index is 11.1. The Balaban J connectivity index is 2.09. The van der Waals surface area contributed by atoms with Crippen molar-refractivity contribution in [2.24, 2.45) is 0 Å². The summed E-state index contributed by atoms with van der Waals surface area (Å²) in [6, 6.07) is 3.52. The van der Waals surface area contributed by atoms with E-state index in [0.717, 1.165) is 11.9 Å². The van der Waals surface area contributed by atoms with Gasteiger partial charge in [0.1, 0.15) is 0 Å². The van der Waals surface area contributed by atoms with Crippen molar-refractivity contribution < 1.29 is 13.2 Å². The second-order valence-electron chi connectivity index (χ2n) is 3.54. The number of ether oxygens (including phenoxy) is 1. The zero-order valence-corrected chi connectivity index (χ0v) is 9.12. The summed E-state index contributed by atoms with van der Waals surface area (Å²) in [7, 11) is -3.20. The van der Waals surface area contributed by atoms with Crippen molar-refractivity contribution in [2.45, 2.75) is 11.1 Å². The lowest BCUT2D eigenvalue weighted by atomic mass is 10.2. The average molecular weight is 228 g/mol. The zero-order valence-electron chi connectivity index (χ0n) is 8.30. The van der Waals surface area contributed by atoms with E-state index < -0.39 is 9.84 Å². The Kier molecular flexibility index (Phi) is 2.62. The maximum atomic E-state index is 11.1. The lowest BCUT2D eigenvalue weighted by Crippen LogP contribution is -2.40. The fourth-order valence-electron chi connectivity index (χ4n) is 1.24. The Bertz CT molecular complexity index is 437. The van der Waals surface area contributed by atoms with Gasteiger partial charge >= 0.3 is 0 Å². The molecule has 0 radical (unpaired) electrons. The molecule has 0 aromatic carbocycles. The van der Waals surface area contributed by atoms with Gasteiger partial charge in [0, 0.05) is 6.26 Å². The Morgan fingerprint density at radius 3 is 2.60 bits per heavy atom. The number of aromatic nitrogens is 1. The minimum absolute atomic E-state index is 0.0953. The molecule has 0 aliphatic carbocycles. The first-order valence-electron chi connectivity index (χ1n) is 4.56. The van der Waals surface area contributed by atoms with Crippen LogP contribution >= 0.6 is 0 Å². The van der Waals surface area contributed by atoms with Crippen LogP contribution in [0.15, 0.2) is 23.4 Å². The van der Waals surface area contributed by atoms with Gasteiger partial charge in [-0.15, -0.1) is 0 Å². The van der Waals surface area contributed by atoms with Crippen LogP contribution < -0.4 is 5.32 Å². The molecule has 1 aliphatic rings. The second kappa shape index (κ2) is 3.79. The molecule has 0 bridgehead atoms. The SMILES string of the molecule is CS(=O)(=O)c1ccc(NC2COC2)cn1. The molecule has 0 saturated carbocycles. The van der Waals surface area contributed by atoms with Crippen LogP contribution in [0.1, 0.15) is 0 Å². The highest BCUT2D eigenvalue weighted by Crippen LogP contribution is 2.13. The second-order valence-corrected chi connectivity index (χ2v) is 5.50. The number of hydrogen-bond donors (Lipinski definition) is 1. The number of anilines is 1. The van der Waals surface area contributed by atoms with Crippen LogP contribution in [0.4, 0.5) is 5.69 Å². The molecule has 1 aromatic heterocycles. The number of rotatable bonds is 3. The lowest BCUT2D eigenvalue weighted by molar-refractivity contribution is 0.0211. The Morgan fingerprint density at radius 2 is 2.20 bits per heavy atom. The summed E-state index contributed by atoms with van der Waals surface area (Å²) in [5.74, 6) is 0. The predicted molar refractivity (Wildman–Crippen MR) is 55.6 cm³/mol. The summed E-state index contributed by atoms with van der Waals surface area (Å²) >= 11 is 0. The van der Waals surface area contributed by atoms with E-state index in [4.69, 9.17) is 4.74 Å². The van der Waals surface area contributed by atoms with E-state index in [1.165, 1.54) is 12.3 Å². The third kappa shape index (κ3) is 2.45. The van der Waals surface area contributed by atoms with Crippen molar-refractivity contribution in [3.63, 3.8) is 0 Å². The fourth-order valence-corrected chi connectivity index (χ4v) is 1.80. The summed E-state index contributed by atoms with van der Waals surface area (Å²) in [4.78, 5) is 3.87. The average Bonchev–Trinajstić information content (AvgIpc) is 2.11. The molecule has 0 amide bonds. The van der Waals surface area contributed by atoms with Crippen LogP contribution in [-0.4, -0.2) is 38.9 Å². The normalized spacial score (nSPS) is 17.1. The first-order chi connectivity index (χ1) is 7.05. The van der Waals surface area contributed by atoms with E-state index in [9.17, 15) is 8.42 Å². The van der Waals surface area contributed by atoms with Gasteiger partial charge in [0.05, 0.1) is 31.1 Å². The highest BCUT2D eigenvalue weighted by Gasteiger charge is 2.18. The van der Waals surface area contributed by atoms with Gasteiger partial charge in [-0.3, -0.25) is 0 Å². The molecule has 6 heteroatoms. The molecule has 1 saturated heterocycles. The van der Waals surface area contributed by atoms with E-state index >= 15 is 0 Å². The molecular weight excluding hydrogens is 216 g/mol. The van der Waals surface area contributed by atoms with Crippen LogP contribution in [0.5, 0.6) is 0 Å². The van der Waals surface area contributed by atoms with Crippen molar-refractivity contribution in [1.29, 1.82) is 0 Å². The van der Waals surface area contributed by atoms with Crippen LogP contribution in [0.25, 0.3) is 0 Å². The largest absolute Gasteiger partial charge is 0.377 e. The van der Waals surface area contributed by atoms with Crippen molar-refractivity contribution in [1.82, 2.24) is 4.98 Å². The predicted octanol–water partition coefficient (Wildman–Crippen LogP) is 0.296. The monoisotopic (exact) mass is 228 g/mol. The zero-order chi connectivity index (χ0) is 10.9. The van der Waals surface area contributed by atoms with Crippen LogP contribution in [0, 0.1) is 0 Å². The molecule has 2 rings (SSSR count). The fraction of sp³-hybridized carbons (Fsp3) is 0.444. The van der Waals surface area contributed by atoms with E-state index in [-0.39, 0.29) is 5.03 Å². The highest BCUT2D eigenvalue weighted by molar-refractivity contribution is 7.90. The summed E-state index contributed by atoms with van der Waals surface area (Å²) in [5, 5.41) is 3.27. The molecule has 2 heterocycles. The van der Waals surface area contributed by atoms with Crippen molar-refractivity contribution in [3.8, 4) is 0 Å². The number of pyridine rings is 1. The van der Waals surface area contributed by atoms with Crippen LogP contribution in [0.3, 0.4) is 0 Å². The topological polar surface area (TPSA) is 68.3 Å². The first-order valence-corrected chi connectivity index (χ1v) is 6.45. The molecule has 5 nitrogen and oxygen atoms in total. The molecule has 1 N–H and O–H groups in total. The van der Waals surface area contributed by atoms with E-state index in [2.05, 4.69) is 10.3 Å². The molecule has 15 heavy (non-hydrogen) atoms. The summed E-state index contributed by atoms with van der Waals surface area (Å²) in [5.41, 5.74) is 0.815. The molecule has 82 valence electrons. The minimum atomic E-state index is -3.20. The van der Waals surface area contributed by atoms with Gasteiger partial charge in [-0.25, -0.2) is 13.4 Å². The van der Waals surface area contributed by atoms with E-state index in [0.29, 0.717) is 19.3 Å². The smallest absolute Gasteiger partial charge is 0.192 e. The molecule has 0 unspecified atom stereocenters. The van der Waals surface area contributed by atoms with Crippen molar-refractivity contribution >= 4 is 15.5 Å². The van der Waals surface area contributed by atoms with Crippen molar-refractivity contribution in [2.75, 3.05) is 24.8 Å². The number of nitrogens with one attached hydrogen (secondary N) is 1. The summed E-state index contributed by atoms with van der Waals surface area (Å²) in [6.07, 6.45) is 2.66. The first kappa shape index (κ1) is 10.4. The minimum Gasteiger partial charge on any atom is -0.377 e. The quantitative estimate of drug-likeness (QED) is 0.805. The van der Waals surface area contributed by atoms with Gasteiger partial charge in [0.2, 0.25) is 0 Å². The van der Waals surface area contributed by atoms with E-state index in [1.54, 1.807) is 6.07 Å². The van der Waals surface area contributed by atoms with Crippen molar-refractivity contribution in [3.05, 3.63) is 18.3 Å². The Labute approximate surface area is 88.4 Å². The Hall–Kier alpha value is -1.14. The molecular formula is C9H12N2O3S. The molecule has 0 atom stereocenters. The highest BCUT2D eigenvalue weighted by atomic mass is 32.2. The number of sulfone groups is 1. The molecule has 1 aliphatic heterocycles. The van der Waals surface area contributed by atoms with Gasteiger partial charge in [0.25, 0.3) is 0 Å². The molecule has 1 fully saturated rings. The van der Waals surface area contributed by atoms with Gasteiger partial charge < -0.3 is 10.1 Å². The third-order valence-electron chi connectivity index (χ3n) is 2.13. The van der Waals surface area contributed by atoms with Gasteiger partial charge in [-0.1, -0.05) is 0 Å². The standard InChI is InChI=1S/C9H12N2O3S/c1-15(12,13)9-3-2-7(4-10-9)11-8-5-14-6-8/h2-4,8,11H,5-6H2,1H3. The summed E-state index contributed by atoms with van der Waals surface area (Å²) in [6.45, 7) is 1.38. The maximum Gasteiger partial charge on any atom is 0.192 e. The molecule has 0 spiro atoms. The van der Waals surface area contributed by atoms with Gasteiger partial charge in [-0.05, 0) is 12.1 Å². The van der Waals surface area contributed by atoms with Gasteiger partial charge in [0.15, 0.2) is 14.9 Å². The van der Waals surface area contributed by atoms with Crippen LogP contribution in [0.2, 0.25) is 0 Å². The Morgan fingerprint density at radius 1 is 1.47 bits per heavy atom. The number of hydrogen-bond acceptors (Lipinski definition) is 5. The number of nitrogens with zero attached hydrogens (tertiary/aromatic N) is 1. The molecule has 1 aromatic rings. The summed E-state index contributed by atoms with van der Waals surface area (Å²) < 4.78 is 27.3. The third-order valence-corrected chi connectivity index (χ3v) is 3.13. The van der Waals surface area contributed by atoms with Crippen LogP contribution in [-0.2, 0) is 14.6 Å². The van der Waals surface area contributed by atoms with Gasteiger partial charge in [-0.2, -0.15) is 0 Å².